The van der Waals surface area contributed by atoms with E-state index in [0.717, 1.165) is 34.4 Å². The van der Waals surface area contributed by atoms with E-state index in [1.807, 2.05) is 57.2 Å². The van der Waals surface area contributed by atoms with Crippen LogP contribution in [-0.2, 0) is 6.42 Å². The number of amides is 1. The molecule has 1 aliphatic heterocycles. The van der Waals surface area contributed by atoms with Crippen molar-refractivity contribution >= 4 is 22.5 Å². The molecular formula is C23H24N2O4. The molecule has 3 aromatic rings. The van der Waals surface area contributed by atoms with Crippen molar-refractivity contribution in [3.8, 4) is 17.2 Å². The van der Waals surface area contributed by atoms with Crippen LogP contribution < -0.4 is 19.5 Å². The summed E-state index contributed by atoms with van der Waals surface area (Å²) in [6.45, 7) is 6.28. The molecule has 29 heavy (non-hydrogen) atoms. The van der Waals surface area contributed by atoms with E-state index in [-0.39, 0.29) is 12.0 Å². The summed E-state index contributed by atoms with van der Waals surface area (Å²) in [5.74, 6) is 1.91. The van der Waals surface area contributed by atoms with Crippen LogP contribution in [0.1, 0.15) is 35.5 Å². The number of ether oxygens (including phenoxy) is 3. The Kier molecular flexibility index (Phi) is 5.01. The number of carbonyl (C=O) groups excluding carboxylic acids is 1. The average Bonchev–Trinajstić information content (AvgIpc) is 3.06. The Bertz CT molecular complexity index is 1090. The van der Waals surface area contributed by atoms with Gasteiger partial charge in [-0.3, -0.25) is 9.78 Å². The predicted molar refractivity (Wildman–Crippen MR) is 112 cm³/mol. The highest BCUT2D eigenvalue weighted by Gasteiger charge is 2.23. The second-order valence-electron chi connectivity index (χ2n) is 7.16. The SMILES string of the molecule is CCOc1cc2c(cc1NC(=O)c1cc3cc(OC)ccc3nc1C)O[C@@H](C)C2. The number of methoxy groups -OCH3 is 1. The second kappa shape index (κ2) is 7.62. The van der Waals surface area contributed by atoms with Gasteiger partial charge in [-0.25, -0.2) is 0 Å². The van der Waals surface area contributed by atoms with Crippen molar-refractivity contribution in [1.29, 1.82) is 0 Å². The van der Waals surface area contributed by atoms with E-state index < -0.39 is 0 Å². The fraction of sp³-hybridized carbons (Fsp3) is 0.304. The van der Waals surface area contributed by atoms with Crippen molar-refractivity contribution in [3.63, 3.8) is 0 Å². The summed E-state index contributed by atoms with van der Waals surface area (Å²) in [4.78, 5) is 17.6. The van der Waals surface area contributed by atoms with Gasteiger partial charge in [0, 0.05) is 23.4 Å². The lowest BCUT2D eigenvalue weighted by atomic mass is 10.1. The van der Waals surface area contributed by atoms with E-state index in [1.165, 1.54) is 0 Å². The average molecular weight is 392 g/mol. The maximum Gasteiger partial charge on any atom is 0.257 e. The first-order valence-electron chi connectivity index (χ1n) is 9.71. The Morgan fingerprint density at radius 3 is 2.86 bits per heavy atom. The molecule has 0 saturated carbocycles. The number of nitrogens with one attached hydrogen (secondary N) is 1. The van der Waals surface area contributed by atoms with Crippen LogP contribution in [0.25, 0.3) is 10.9 Å². The van der Waals surface area contributed by atoms with Crippen LogP contribution in [0.4, 0.5) is 5.69 Å². The minimum Gasteiger partial charge on any atom is -0.497 e. The molecule has 1 amide bonds. The van der Waals surface area contributed by atoms with Gasteiger partial charge in [0.2, 0.25) is 0 Å². The minimum absolute atomic E-state index is 0.118. The fourth-order valence-electron chi connectivity index (χ4n) is 3.61. The molecule has 1 atom stereocenters. The molecular weight excluding hydrogens is 368 g/mol. The van der Waals surface area contributed by atoms with Gasteiger partial charge in [-0.05, 0) is 51.1 Å². The molecule has 0 bridgehead atoms. The van der Waals surface area contributed by atoms with Gasteiger partial charge in [0.25, 0.3) is 5.91 Å². The molecule has 4 rings (SSSR count). The Morgan fingerprint density at radius 1 is 1.28 bits per heavy atom. The molecule has 0 fully saturated rings. The van der Waals surface area contributed by atoms with Crippen molar-refractivity contribution in [2.75, 3.05) is 19.0 Å². The third-order valence-corrected chi connectivity index (χ3v) is 5.00. The highest BCUT2D eigenvalue weighted by Crippen LogP contribution is 2.38. The summed E-state index contributed by atoms with van der Waals surface area (Å²) in [7, 11) is 1.61. The van der Waals surface area contributed by atoms with Gasteiger partial charge in [0.15, 0.2) is 0 Å². The van der Waals surface area contributed by atoms with E-state index in [9.17, 15) is 4.79 Å². The first-order valence-corrected chi connectivity index (χ1v) is 9.71. The molecule has 150 valence electrons. The van der Waals surface area contributed by atoms with E-state index in [4.69, 9.17) is 14.2 Å². The van der Waals surface area contributed by atoms with Crippen LogP contribution in [0.3, 0.4) is 0 Å². The van der Waals surface area contributed by atoms with Crippen LogP contribution >= 0.6 is 0 Å². The Labute approximate surface area is 169 Å². The molecule has 6 nitrogen and oxygen atoms in total. The van der Waals surface area contributed by atoms with E-state index in [1.54, 1.807) is 7.11 Å². The van der Waals surface area contributed by atoms with Gasteiger partial charge >= 0.3 is 0 Å². The Balaban J connectivity index is 1.69. The molecule has 6 heteroatoms. The second-order valence-corrected chi connectivity index (χ2v) is 7.16. The van der Waals surface area contributed by atoms with Gasteiger partial charge < -0.3 is 19.5 Å². The van der Waals surface area contributed by atoms with Gasteiger partial charge in [0.05, 0.1) is 36.2 Å². The summed E-state index contributed by atoms with van der Waals surface area (Å²) in [5, 5.41) is 3.82. The number of hydrogen-bond donors (Lipinski definition) is 1. The molecule has 2 aromatic carbocycles. The van der Waals surface area contributed by atoms with Crippen molar-refractivity contribution < 1.29 is 19.0 Å². The van der Waals surface area contributed by atoms with Crippen LogP contribution in [-0.4, -0.2) is 30.7 Å². The number of carbonyl (C=O) groups is 1. The first-order chi connectivity index (χ1) is 14.0. The smallest absolute Gasteiger partial charge is 0.257 e. The first kappa shape index (κ1) is 19.1. The van der Waals surface area contributed by atoms with Gasteiger partial charge in [-0.15, -0.1) is 0 Å². The zero-order chi connectivity index (χ0) is 20.5. The monoisotopic (exact) mass is 392 g/mol. The number of rotatable bonds is 5. The molecule has 2 heterocycles. The number of aromatic nitrogens is 1. The summed E-state index contributed by atoms with van der Waals surface area (Å²) in [6.07, 6.45) is 0.950. The highest BCUT2D eigenvalue weighted by molar-refractivity contribution is 6.07. The van der Waals surface area contributed by atoms with E-state index in [2.05, 4.69) is 10.3 Å². The molecule has 1 N–H and O–H groups in total. The van der Waals surface area contributed by atoms with E-state index >= 15 is 0 Å². The molecule has 0 unspecified atom stereocenters. The van der Waals surface area contributed by atoms with Gasteiger partial charge in [-0.1, -0.05) is 0 Å². The fourth-order valence-corrected chi connectivity index (χ4v) is 3.61. The zero-order valence-electron chi connectivity index (χ0n) is 17.0. The molecule has 1 aliphatic rings. The maximum atomic E-state index is 13.1. The number of anilines is 1. The molecule has 0 radical (unpaired) electrons. The van der Waals surface area contributed by atoms with Crippen molar-refractivity contribution in [2.24, 2.45) is 0 Å². The lowest BCUT2D eigenvalue weighted by Crippen LogP contribution is -2.15. The van der Waals surface area contributed by atoms with Crippen molar-refractivity contribution in [3.05, 3.63) is 53.2 Å². The minimum atomic E-state index is -0.244. The summed E-state index contributed by atoms with van der Waals surface area (Å²) < 4.78 is 16.9. The topological polar surface area (TPSA) is 69.7 Å². The molecule has 0 saturated heterocycles. The zero-order valence-corrected chi connectivity index (χ0v) is 17.0. The summed E-state index contributed by atoms with van der Waals surface area (Å²) in [6, 6.07) is 11.2. The lowest BCUT2D eigenvalue weighted by molar-refractivity contribution is 0.102. The van der Waals surface area contributed by atoms with Crippen LogP contribution in [0.15, 0.2) is 36.4 Å². The van der Waals surface area contributed by atoms with Crippen LogP contribution in [0, 0.1) is 6.92 Å². The number of pyridine rings is 1. The number of aryl methyl sites for hydroxylation is 1. The Morgan fingerprint density at radius 2 is 2.10 bits per heavy atom. The standard InChI is InChI=1S/C23H24N2O4/c1-5-28-22-11-16-8-13(2)29-21(16)12-20(22)25-23(26)18-10-15-9-17(27-4)6-7-19(15)24-14(18)3/h6-7,9-13H,5,8H2,1-4H3,(H,25,26)/t13-/m0/s1. The van der Waals surface area contributed by atoms with Crippen molar-refractivity contribution in [1.82, 2.24) is 4.98 Å². The molecule has 0 spiro atoms. The lowest BCUT2D eigenvalue weighted by Gasteiger charge is -2.14. The normalized spacial score (nSPS) is 15.0. The highest BCUT2D eigenvalue weighted by atomic mass is 16.5. The Hall–Kier alpha value is -3.28. The van der Waals surface area contributed by atoms with Crippen molar-refractivity contribution in [2.45, 2.75) is 33.3 Å². The third kappa shape index (κ3) is 3.70. The quantitative estimate of drug-likeness (QED) is 0.691. The molecule has 0 aliphatic carbocycles. The maximum absolute atomic E-state index is 13.1. The van der Waals surface area contributed by atoms with E-state index in [0.29, 0.717) is 29.3 Å². The van der Waals surface area contributed by atoms with Crippen LogP contribution in [0.5, 0.6) is 17.2 Å². The number of nitrogens with zero attached hydrogens (tertiary/aromatic N) is 1. The third-order valence-electron chi connectivity index (χ3n) is 5.00. The molecule has 1 aromatic heterocycles. The van der Waals surface area contributed by atoms with Crippen LogP contribution in [0.2, 0.25) is 0 Å². The number of fused-ring (bicyclic) bond motifs is 2. The number of hydrogen-bond acceptors (Lipinski definition) is 5. The van der Waals surface area contributed by atoms with Gasteiger partial charge in [-0.2, -0.15) is 0 Å². The predicted octanol–water partition coefficient (Wildman–Crippen LogP) is 4.53. The van der Waals surface area contributed by atoms with Gasteiger partial charge in [0.1, 0.15) is 23.4 Å². The largest absolute Gasteiger partial charge is 0.497 e. The summed E-state index contributed by atoms with van der Waals surface area (Å²) in [5.41, 5.74) is 3.66. The number of benzene rings is 2. The summed E-state index contributed by atoms with van der Waals surface area (Å²) >= 11 is 0.